The Morgan fingerprint density at radius 3 is 2.57 bits per heavy atom. The van der Waals surface area contributed by atoms with Crippen molar-refractivity contribution in [3.63, 3.8) is 0 Å². The minimum Gasteiger partial charge on any atom is -0.497 e. The van der Waals surface area contributed by atoms with E-state index in [1.807, 2.05) is 12.1 Å². The molecule has 2 N–H and O–H groups in total. The fourth-order valence-electron chi connectivity index (χ4n) is 3.43. The van der Waals surface area contributed by atoms with E-state index in [1.165, 1.54) is 10.6 Å². The van der Waals surface area contributed by atoms with Gasteiger partial charge in [0.25, 0.3) is 0 Å². The van der Waals surface area contributed by atoms with Gasteiger partial charge in [-0.15, -0.1) is 11.3 Å². The molecule has 7 nitrogen and oxygen atoms in total. The van der Waals surface area contributed by atoms with Crippen molar-refractivity contribution in [1.29, 1.82) is 0 Å². The number of nitrogens with one attached hydrogen (secondary N) is 2. The van der Waals surface area contributed by atoms with E-state index in [2.05, 4.69) is 56.9 Å². The maximum Gasteiger partial charge on any atom is 0.191 e. The Hall–Kier alpha value is -2.16. The van der Waals surface area contributed by atoms with Crippen molar-refractivity contribution in [1.82, 2.24) is 20.5 Å². The van der Waals surface area contributed by atoms with E-state index in [0.717, 1.165) is 50.3 Å². The first-order valence-corrected chi connectivity index (χ1v) is 11.3. The lowest BCUT2D eigenvalue weighted by molar-refractivity contribution is 0.0170. The monoisotopic (exact) mass is 431 g/mol. The summed E-state index contributed by atoms with van der Waals surface area (Å²) >= 11 is 1.71. The highest BCUT2D eigenvalue weighted by Gasteiger charge is 2.23. The summed E-state index contributed by atoms with van der Waals surface area (Å²) in [6, 6.07) is 8.54. The molecule has 2 heterocycles. The zero-order valence-corrected chi connectivity index (χ0v) is 19.2. The van der Waals surface area contributed by atoms with Crippen LogP contribution in [0.3, 0.4) is 0 Å². The number of ether oxygens (including phenoxy) is 2. The van der Waals surface area contributed by atoms with Gasteiger partial charge >= 0.3 is 0 Å². The molecule has 0 amide bonds. The Morgan fingerprint density at radius 1 is 1.23 bits per heavy atom. The molecule has 3 rings (SSSR count). The second-order valence-corrected chi connectivity index (χ2v) is 8.47. The Labute approximate surface area is 183 Å². The summed E-state index contributed by atoms with van der Waals surface area (Å²) in [5.41, 5.74) is 2.30. The van der Waals surface area contributed by atoms with Gasteiger partial charge in [0.2, 0.25) is 0 Å². The molecule has 1 aromatic carbocycles. The third kappa shape index (κ3) is 6.17. The lowest BCUT2D eigenvalue weighted by Gasteiger charge is -2.35. The van der Waals surface area contributed by atoms with Crippen molar-refractivity contribution < 1.29 is 9.47 Å². The molecule has 164 valence electrons. The maximum atomic E-state index is 5.55. The standard InChI is InChI=1S/C22H33N5O2S/c1-16(2)21-26-18(15-30-21)13-24-22(23-3)25-14-20(27-9-11-29-12-10-27)17-5-7-19(28-4)8-6-17/h5-8,15-16,20H,9-14H2,1-4H3,(H2,23,24,25). The molecule has 0 bridgehead atoms. The van der Waals surface area contributed by atoms with Crippen molar-refractivity contribution >= 4 is 17.3 Å². The highest BCUT2D eigenvalue weighted by Crippen LogP contribution is 2.24. The number of hydrogen-bond donors (Lipinski definition) is 2. The number of nitrogens with zero attached hydrogens (tertiary/aromatic N) is 3. The first-order chi connectivity index (χ1) is 14.6. The largest absolute Gasteiger partial charge is 0.497 e. The summed E-state index contributed by atoms with van der Waals surface area (Å²) in [5, 5.41) is 10.2. The van der Waals surface area contributed by atoms with Gasteiger partial charge in [-0.25, -0.2) is 4.98 Å². The highest BCUT2D eigenvalue weighted by molar-refractivity contribution is 7.09. The van der Waals surface area contributed by atoms with Gasteiger partial charge in [0.15, 0.2) is 5.96 Å². The molecule has 1 fully saturated rings. The zero-order valence-electron chi connectivity index (χ0n) is 18.4. The van der Waals surface area contributed by atoms with Crippen LogP contribution in [0.1, 0.15) is 42.1 Å². The quantitative estimate of drug-likeness (QED) is 0.495. The van der Waals surface area contributed by atoms with Gasteiger partial charge in [0, 0.05) is 38.0 Å². The minimum absolute atomic E-state index is 0.227. The van der Waals surface area contributed by atoms with Crippen LogP contribution in [0.2, 0.25) is 0 Å². The topological polar surface area (TPSA) is 71.0 Å². The van der Waals surface area contributed by atoms with E-state index < -0.39 is 0 Å². The molecule has 0 radical (unpaired) electrons. The number of methoxy groups -OCH3 is 1. The summed E-state index contributed by atoms with van der Waals surface area (Å²) in [6.07, 6.45) is 0. The molecule has 0 spiro atoms. The van der Waals surface area contributed by atoms with E-state index in [4.69, 9.17) is 9.47 Å². The van der Waals surface area contributed by atoms with Crippen LogP contribution in [0.4, 0.5) is 0 Å². The van der Waals surface area contributed by atoms with Gasteiger partial charge in [-0.3, -0.25) is 9.89 Å². The predicted octanol–water partition coefficient (Wildman–Crippen LogP) is 3.01. The van der Waals surface area contributed by atoms with Gasteiger partial charge in [-0.1, -0.05) is 26.0 Å². The SMILES string of the molecule is CN=C(NCc1csc(C(C)C)n1)NCC(c1ccc(OC)cc1)N1CCOCC1. The third-order valence-electron chi connectivity index (χ3n) is 5.17. The Morgan fingerprint density at radius 2 is 1.97 bits per heavy atom. The second-order valence-electron chi connectivity index (χ2n) is 7.58. The molecule has 30 heavy (non-hydrogen) atoms. The third-order valence-corrected chi connectivity index (χ3v) is 6.37. The molecular formula is C22H33N5O2S. The van der Waals surface area contributed by atoms with E-state index in [0.29, 0.717) is 12.5 Å². The van der Waals surface area contributed by atoms with Crippen molar-refractivity contribution in [2.45, 2.75) is 32.4 Å². The second kappa shape index (κ2) is 11.3. The summed E-state index contributed by atoms with van der Waals surface area (Å²) in [5.74, 6) is 2.11. The fourth-order valence-corrected chi connectivity index (χ4v) is 4.27. The molecular weight excluding hydrogens is 398 g/mol. The van der Waals surface area contributed by atoms with Crippen LogP contribution >= 0.6 is 11.3 Å². The molecule has 0 aliphatic carbocycles. The van der Waals surface area contributed by atoms with Crippen LogP contribution in [0.25, 0.3) is 0 Å². The summed E-state index contributed by atoms with van der Waals surface area (Å²) in [7, 11) is 3.49. The lowest BCUT2D eigenvalue weighted by Crippen LogP contribution is -2.46. The van der Waals surface area contributed by atoms with Gasteiger partial charge in [-0.05, 0) is 17.7 Å². The Bertz CT molecular complexity index is 800. The highest BCUT2D eigenvalue weighted by atomic mass is 32.1. The van der Waals surface area contributed by atoms with Crippen LogP contribution in [0.15, 0.2) is 34.6 Å². The summed E-state index contributed by atoms with van der Waals surface area (Å²) in [4.78, 5) is 11.5. The molecule has 1 saturated heterocycles. The van der Waals surface area contributed by atoms with Crippen LogP contribution < -0.4 is 15.4 Å². The van der Waals surface area contributed by atoms with E-state index >= 15 is 0 Å². The average Bonchev–Trinajstić information content (AvgIpc) is 3.26. The average molecular weight is 432 g/mol. The summed E-state index contributed by atoms with van der Waals surface area (Å²) < 4.78 is 10.9. The van der Waals surface area contributed by atoms with Crippen LogP contribution in [0, 0.1) is 0 Å². The molecule has 1 aromatic heterocycles. The van der Waals surface area contributed by atoms with Crippen LogP contribution in [-0.2, 0) is 11.3 Å². The van der Waals surface area contributed by atoms with Crippen LogP contribution in [0.5, 0.6) is 5.75 Å². The van der Waals surface area contributed by atoms with Crippen molar-refractivity contribution in [2.24, 2.45) is 4.99 Å². The number of morpholine rings is 1. The van der Waals surface area contributed by atoms with Gasteiger partial charge in [-0.2, -0.15) is 0 Å². The number of benzene rings is 1. The number of hydrogen-bond acceptors (Lipinski definition) is 6. The fraction of sp³-hybridized carbons (Fsp3) is 0.545. The zero-order chi connectivity index (χ0) is 21.3. The molecule has 1 atom stereocenters. The molecule has 8 heteroatoms. The lowest BCUT2D eigenvalue weighted by atomic mass is 10.0. The Kier molecular flexibility index (Phi) is 8.48. The van der Waals surface area contributed by atoms with E-state index in [9.17, 15) is 0 Å². The molecule has 2 aromatic rings. The van der Waals surface area contributed by atoms with Crippen molar-refractivity contribution in [3.8, 4) is 5.75 Å². The number of aliphatic imine (C=N–C) groups is 1. The van der Waals surface area contributed by atoms with Crippen LogP contribution in [-0.4, -0.2) is 62.8 Å². The minimum atomic E-state index is 0.227. The van der Waals surface area contributed by atoms with Crippen molar-refractivity contribution in [3.05, 3.63) is 45.9 Å². The number of thiazole rings is 1. The predicted molar refractivity (Wildman–Crippen MR) is 123 cm³/mol. The number of aromatic nitrogens is 1. The molecule has 1 aliphatic heterocycles. The molecule has 1 aliphatic rings. The first kappa shape index (κ1) is 22.5. The van der Waals surface area contributed by atoms with Gasteiger partial charge in [0.05, 0.1) is 43.6 Å². The molecule has 1 unspecified atom stereocenters. The smallest absolute Gasteiger partial charge is 0.191 e. The summed E-state index contributed by atoms with van der Waals surface area (Å²) in [6.45, 7) is 9.11. The van der Waals surface area contributed by atoms with E-state index in [1.54, 1.807) is 25.5 Å². The van der Waals surface area contributed by atoms with Gasteiger partial charge in [0.1, 0.15) is 5.75 Å². The van der Waals surface area contributed by atoms with E-state index in [-0.39, 0.29) is 6.04 Å². The number of rotatable bonds is 8. The maximum absolute atomic E-state index is 5.55. The number of guanidine groups is 1. The Balaban J connectivity index is 1.62. The van der Waals surface area contributed by atoms with Crippen molar-refractivity contribution in [2.75, 3.05) is 47.0 Å². The first-order valence-electron chi connectivity index (χ1n) is 10.4. The van der Waals surface area contributed by atoms with Gasteiger partial charge < -0.3 is 20.1 Å². The molecule has 0 saturated carbocycles. The normalized spacial score (nSPS) is 16.5.